The van der Waals surface area contributed by atoms with E-state index in [0.29, 0.717) is 27.9 Å². The number of ether oxygens (including phenoxy) is 1. The lowest BCUT2D eigenvalue weighted by molar-refractivity contribution is 0.300. The second-order valence-corrected chi connectivity index (χ2v) is 7.18. The third-order valence-corrected chi connectivity index (χ3v) is 5.18. The fourth-order valence-corrected chi connectivity index (χ4v) is 3.13. The predicted octanol–water partition coefficient (Wildman–Crippen LogP) is 6.09. The Hall–Kier alpha value is -2.43. The highest BCUT2D eigenvalue weighted by Gasteiger charge is 2.08. The van der Waals surface area contributed by atoms with Crippen LogP contribution in [0.25, 0.3) is 0 Å². The van der Waals surface area contributed by atoms with Gasteiger partial charge in [0, 0.05) is 17.7 Å². The van der Waals surface area contributed by atoms with Crippen LogP contribution in [0.15, 0.2) is 66.7 Å². The predicted molar refractivity (Wildman–Crippen MR) is 117 cm³/mol. The van der Waals surface area contributed by atoms with Crippen LogP contribution in [-0.2, 0) is 19.6 Å². The molecule has 0 atom stereocenters. The number of thiocarbonyl (C=S) groups is 1. The van der Waals surface area contributed by atoms with E-state index >= 15 is 0 Å². The molecule has 0 saturated heterocycles. The average molecular weight is 414 g/mol. The third-order valence-electron chi connectivity index (χ3n) is 4.45. The summed E-state index contributed by atoms with van der Waals surface area (Å²) >= 11 is 11.5. The van der Waals surface area contributed by atoms with Crippen LogP contribution < -0.4 is 10.1 Å². The van der Waals surface area contributed by atoms with E-state index in [1.807, 2.05) is 24.3 Å². The molecule has 3 aromatic rings. The number of aryl methyl sites for hydroxylation is 1. The molecular weight excluding hydrogens is 393 g/mol. The minimum atomic E-state index is -0.374. The van der Waals surface area contributed by atoms with Crippen LogP contribution in [0.3, 0.4) is 0 Å². The fourth-order valence-electron chi connectivity index (χ4n) is 2.71. The number of hydrogen-bond acceptors (Lipinski definition) is 2. The molecule has 0 unspecified atom stereocenters. The van der Waals surface area contributed by atoms with E-state index in [2.05, 4.69) is 36.5 Å². The van der Waals surface area contributed by atoms with Gasteiger partial charge in [-0.05, 0) is 53.9 Å². The zero-order chi connectivity index (χ0) is 19.9. The summed E-state index contributed by atoms with van der Waals surface area (Å²) < 4.78 is 19.5. The number of hydrogen-bond donors (Lipinski definition) is 1. The maximum absolute atomic E-state index is 13.8. The Morgan fingerprint density at radius 2 is 1.68 bits per heavy atom. The molecule has 3 aromatic carbocycles. The van der Waals surface area contributed by atoms with Crippen LogP contribution >= 0.6 is 23.8 Å². The van der Waals surface area contributed by atoms with Crippen LogP contribution in [0.4, 0.5) is 4.39 Å². The Bertz CT molecular complexity index is 922. The van der Waals surface area contributed by atoms with Gasteiger partial charge in [-0.1, -0.05) is 61.1 Å². The first-order valence-electron chi connectivity index (χ1n) is 9.08. The molecule has 2 nitrogen and oxygen atoms in total. The van der Waals surface area contributed by atoms with Crippen molar-refractivity contribution in [2.75, 3.05) is 0 Å². The van der Waals surface area contributed by atoms with Gasteiger partial charge in [0.2, 0.25) is 0 Å². The van der Waals surface area contributed by atoms with Crippen LogP contribution in [-0.4, -0.2) is 4.99 Å². The Kier molecular flexibility index (Phi) is 7.01. The minimum Gasteiger partial charge on any atom is -0.489 e. The Morgan fingerprint density at radius 3 is 2.32 bits per heavy atom. The largest absolute Gasteiger partial charge is 0.489 e. The Labute approximate surface area is 175 Å². The lowest BCUT2D eigenvalue weighted by Gasteiger charge is -2.11. The fraction of sp³-hybridized carbons (Fsp3) is 0.174. The summed E-state index contributed by atoms with van der Waals surface area (Å²) in [5.41, 5.74) is 3.75. The van der Waals surface area contributed by atoms with Gasteiger partial charge in [0.15, 0.2) is 0 Å². The molecule has 1 N–H and O–H groups in total. The molecule has 0 aliphatic rings. The first-order valence-corrected chi connectivity index (χ1v) is 9.87. The van der Waals surface area contributed by atoms with E-state index in [9.17, 15) is 4.39 Å². The number of benzene rings is 3. The molecule has 0 saturated carbocycles. The van der Waals surface area contributed by atoms with Gasteiger partial charge in [-0.3, -0.25) is 0 Å². The molecule has 3 rings (SSSR count). The highest BCUT2D eigenvalue weighted by molar-refractivity contribution is 7.80. The van der Waals surface area contributed by atoms with Crippen molar-refractivity contribution in [1.82, 2.24) is 5.32 Å². The SMILES string of the molecule is CCc1ccc(CNC(=S)c2ccc(OCc3c(F)cccc3Cl)cc2)cc1. The zero-order valence-corrected chi connectivity index (χ0v) is 17.1. The topological polar surface area (TPSA) is 21.3 Å². The van der Waals surface area contributed by atoms with Gasteiger partial charge >= 0.3 is 0 Å². The summed E-state index contributed by atoms with van der Waals surface area (Å²) in [7, 11) is 0. The van der Waals surface area contributed by atoms with E-state index in [1.165, 1.54) is 17.2 Å². The number of nitrogens with one attached hydrogen (secondary N) is 1. The van der Waals surface area contributed by atoms with Crippen molar-refractivity contribution < 1.29 is 9.13 Å². The van der Waals surface area contributed by atoms with Gasteiger partial charge in [0.1, 0.15) is 23.2 Å². The van der Waals surface area contributed by atoms with Gasteiger partial charge in [-0.15, -0.1) is 0 Å². The summed E-state index contributed by atoms with van der Waals surface area (Å²) in [6.45, 7) is 2.88. The molecule has 0 aliphatic carbocycles. The lowest BCUT2D eigenvalue weighted by atomic mass is 10.1. The third kappa shape index (κ3) is 5.31. The molecule has 0 aromatic heterocycles. The van der Waals surface area contributed by atoms with Crippen LogP contribution in [0.5, 0.6) is 5.75 Å². The van der Waals surface area contributed by atoms with Crippen LogP contribution in [0.1, 0.15) is 29.2 Å². The maximum atomic E-state index is 13.8. The van der Waals surface area contributed by atoms with Gasteiger partial charge in [-0.25, -0.2) is 4.39 Å². The Morgan fingerprint density at radius 1 is 1.00 bits per heavy atom. The molecule has 0 aliphatic heterocycles. The molecule has 0 bridgehead atoms. The normalized spacial score (nSPS) is 10.5. The van der Waals surface area contributed by atoms with Crippen molar-refractivity contribution >= 4 is 28.8 Å². The highest BCUT2D eigenvalue weighted by atomic mass is 35.5. The summed E-state index contributed by atoms with van der Waals surface area (Å²) in [4.78, 5) is 0.670. The van der Waals surface area contributed by atoms with Gasteiger partial charge in [-0.2, -0.15) is 0 Å². The highest BCUT2D eigenvalue weighted by Crippen LogP contribution is 2.21. The van der Waals surface area contributed by atoms with Crippen molar-refractivity contribution in [3.05, 3.63) is 99.8 Å². The number of halogens is 2. The molecule has 5 heteroatoms. The molecule has 28 heavy (non-hydrogen) atoms. The summed E-state index contributed by atoms with van der Waals surface area (Å²) in [5.74, 6) is 0.252. The average Bonchev–Trinajstić information content (AvgIpc) is 2.72. The van der Waals surface area contributed by atoms with Gasteiger partial charge < -0.3 is 10.1 Å². The van der Waals surface area contributed by atoms with Crippen molar-refractivity contribution in [2.24, 2.45) is 0 Å². The molecule has 0 spiro atoms. The number of rotatable bonds is 7. The van der Waals surface area contributed by atoms with Crippen LogP contribution in [0.2, 0.25) is 5.02 Å². The molecule has 0 radical (unpaired) electrons. The zero-order valence-electron chi connectivity index (χ0n) is 15.5. The van der Waals surface area contributed by atoms with E-state index in [4.69, 9.17) is 28.6 Å². The first-order chi connectivity index (χ1) is 13.6. The molecule has 0 amide bonds. The van der Waals surface area contributed by atoms with E-state index < -0.39 is 0 Å². The summed E-state index contributed by atoms with van der Waals surface area (Å²) in [6.07, 6.45) is 1.03. The first kappa shape index (κ1) is 20.3. The standard InChI is InChI=1S/C23H21ClFNOS/c1-2-16-6-8-17(9-7-16)14-26-23(28)18-10-12-19(13-11-18)27-15-20-21(24)4-3-5-22(20)25/h3-13H,2,14-15H2,1H3,(H,26,28). The Balaban J connectivity index is 1.55. The lowest BCUT2D eigenvalue weighted by Crippen LogP contribution is -2.21. The van der Waals surface area contributed by atoms with Crippen molar-refractivity contribution in [3.63, 3.8) is 0 Å². The van der Waals surface area contributed by atoms with Crippen molar-refractivity contribution in [3.8, 4) is 5.75 Å². The smallest absolute Gasteiger partial charge is 0.131 e. The molecule has 0 fully saturated rings. The molecular formula is C23H21ClFNOS. The monoisotopic (exact) mass is 413 g/mol. The van der Waals surface area contributed by atoms with E-state index in [-0.39, 0.29) is 12.4 Å². The minimum absolute atomic E-state index is 0.0707. The molecule has 144 valence electrons. The van der Waals surface area contributed by atoms with E-state index in [0.717, 1.165) is 12.0 Å². The maximum Gasteiger partial charge on any atom is 0.131 e. The van der Waals surface area contributed by atoms with Crippen molar-refractivity contribution in [1.29, 1.82) is 0 Å². The van der Waals surface area contributed by atoms with E-state index in [1.54, 1.807) is 12.1 Å². The summed E-state index contributed by atoms with van der Waals surface area (Å²) in [6, 6.07) is 20.5. The quantitative estimate of drug-likeness (QED) is 0.474. The second kappa shape index (κ2) is 9.67. The summed E-state index contributed by atoms with van der Waals surface area (Å²) in [5, 5.41) is 3.62. The van der Waals surface area contributed by atoms with Gasteiger partial charge in [0.05, 0.1) is 5.02 Å². The van der Waals surface area contributed by atoms with Crippen molar-refractivity contribution in [2.45, 2.75) is 26.5 Å². The van der Waals surface area contributed by atoms with Gasteiger partial charge in [0.25, 0.3) is 0 Å². The van der Waals surface area contributed by atoms with Crippen LogP contribution in [0, 0.1) is 5.82 Å². The molecule has 0 heterocycles. The second-order valence-electron chi connectivity index (χ2n) is 6.37.